The van der Waals surface area contributed by atoms with Crippen molar-refractivity contribution in [3.63, 3.8) is 0 Å². The van der Waals surface area contributed by atoms with E-state index in [9.17, 15) is 4.79 Å². The van der Waals surface area contributed by atoms with Crippen LogP contribution in [-0.4, -0.2) is 5.78 Å². The van der Waals surface area contributed by atoms with Gasteiger partial charge < -0.3 is 0 Å². The van der Waals surface area contributed by atoms with Crippen molar-refractivity contribution in [1.29, 1.82) is 5.26 Å². The number of ketones is 1. The van der Waals surface area contributed by atoms with Gasteiger partial charge in [-0.3, -0.25) is 4.79 Å². The summed E-state index contributed by atoms with van der Waals surface area (Å²) in [6.07, 6.45) is 7.79. The lowest BCUT2D eigenvalue weighted by Crippen LogP contribution is -2.21. The number of fused-ring (bicyclic) bond motifs is 3. The van der Waals surface area contributed by atoms with Gasteiger partial charge in [-0.15, -0.1) is 0 Å². The van der Waals surface area contributed by atoms with Gasteiger partial charge in [-0.05, 0) is 43.4 Å². The smallest absolute Gasteiger partial charge is 0.139 e. The van der Waals surface area contributed by atoms with E-state index in [2.05, 4.69) is 6.07 Å². The molecule has 0 amide bonds. The molecule has 0 aromatic rings. The summed E-state index contributed by atoms with van der Waals surface area (Å²) in [5.74, 6) is 3.44. The van der Waals surface area contributed by atoms with Crippen LogP contribution >= 0.6 is 0 Å². The van der Waals surface area contributed by atoms with Crippen LogP contribution in [0, 0.1) is 40.9 Å². The molecule has 3 rings (SSSR count). The summed E-state index contributed by atoms with van der Waals surface area (Å²) in [6, 6.07) is 2.17. The summed E-state index contributed by atoms with van der Waals surface area (Å²) in [5.41, 5.74) is 0. The molecule has 3 aliphatic carbocycles. The molecule has 2 heteroatoms. The van der Waals surface area contributed by atoms with Crippen molar-refractivity contribution in [2.75, 3.05) is 0 Å². The minimum atomic E-state index is 0.233. The number of hydrogen-bond acceptors (Lipinski definition) is 2. The molecule has 0 saturated heterocycles. The normalized spacial score (nSPS) is 45.4. The monoisotopic (exact) mass is 217 g/mol. The third kappa shape index (κ3) is 1.41. The van der Waals surface area contributed by atoms with Crippen LogP contribution in [0.2, 0.25) is 0 Å². The molecule has 3 aliphatic rings. The minimum absolute atomic E-state index is 0.233. The fraction of sp³-hybridized carbons (Fsp3) is 0.857. The highest BCUT2D eigenvalue weighted by atomic mass is 16.1. The van der Waals surface area contributed by atoms with E-state index in [4.69, 9.17) is 5.26 Å². The molecule has 5 atom stereocenters. The Labute approximate surface area is 97.0 Å². The fourth-order valence-electron chi connectivity index (χ4n) is 4.65. The summed E-state index contributed by atoms with van der Waals surface area (Å²) in [7, 11) is 0. The van der Waals surface area contributed by atoms with Crippen LogP contribution in [-0.2, 0) is 4.79 Å². The predicted octanol–water partition coefficient (Wildman–Crippen LogP) is 2.93. The highest BCUT2D eigenvalue weighted by molar-refractivity contribution is 5.86. The van der Waals surface area contributed by atoms with Crippen LogP contribution in [0.5, 0.6) is 0 Å². The average Bonchev–Trinajstić information content (AvgIpc) is 2.88. The van der Waals surface area contributed by atoms with E-state index in [1.807, 2.05) is 0 Å². The van der Waals surface area contributed by atoms with Crippen LogP contribution in [0.1, 0.15) is 44.9 Å². The summed E-state index contributed by atoms with van der Waals surface area (Å²) >= 11 is 0. The maximum absolute atomic E-state index is 12.3. The van der Waals surface area contributed by atoms with Gasteiger partial charge in [-0.1, -0.05) is 12.8 Å². The van der Waals surface area contributed by atoms with Gasteiger partial charge >= 0.3 is 0 Å². The van der Waals surface area contributed by atoms with Gasteiger partial charge in [-0.25, -0.2) is 0 Å². The number of rotatable bonds is 2. The van der Waals surface area contributed by atoms with Crippen molar-refractivity contribution < 1.29 is 4.79 Å². The van der Waals surface area contributed by atoms with Crippen molar-refractivity contribution >= 4 is 5.78 Å². The molecule has 0 aromatic heterocycles. The molecule has 2 nitrogen and oxygen atoms in total. The van der Waals surface area contributed by atoms with Gasteiger partial charge in [0.15, 0.2) is 0 Å². The van der Waals surface area contributed by atoms with Gasteiger partial charge in [0.2, 0.25) is 0 Å². The molecular weight excluding hydrogens is 198 g/mol. The molecule has 0 radical (unpaired) electrons. The number of carbonyl (C=O) groups is 1. The van der Waals surface area contributed by atoms with Gasteiger partial charge in [0.25, 0.3) is 0 Å². The van der Waals surface area contributed by atoms with Crippen LogP contribution < -0.4 is 0 Å². The van der Waals surface area contributed by atoms with Crippen molar-refractivity contribution in [2.24, 2.45) is 29.6 Å². The first-order valence-electron chi connectivity index (χ1n) is 6.72. The lowest BCUT2D eigenvalue weighted by atomic mass is 9.87. The van der Waals surface area contributed by atoms with Gasteiger partial charge in [-0.2, -0.15) is 5.26 Å². The zero-order chi connectivity index (χ0) is 11.1. The molecule has 16 heavy (non-hydrogen) atoms. The fourth-order valence-corrected chi connectivity index (χ4v) is 4.65. The van der Waals surface area contributed by atoms with E-state index in [0.717, 1.165) is 24.7 Å². The summed E-state index contributed by atoms with van der Waals surface area (Å²) in [4.78, 5) is 12.3. The second-order valence-electron chi connectivity index (χ2n) is 5.91. The van der Waals surface area contributed by atoms with E-state index >= 15 is 0 Å². The van der Waals surface area contributed by atoms with Crippen LogP contribution in [0.15, 0.2) is 0 Å². The second kappa shape index (κ2) is 3.87. The zero-order valence-electron chi connectivity index (χ0n) is 9.69. The molecule has 3 fully saturated rings. The van der Waals surface area contributed by atoms with E-state index in [0.29, 0.717) is 24.0 Å². The maximum Gasteiger partial charge on any atom is 0.139 e. The van der Waals surface area contributed by atoms with Crippen LogP contribution in [0.25, 0.3) is 0 Å². The Hall–Kier alpha value is -0.840. The van der Waals surface area contributed by atoms with E-state index < -0.39 is 0 Å². The molecular formula is C14H19NO. The number of Topliss-reactive ketones (excluding diaryl/α,β-unsaturated/α-hetero) is 1. The van der Waals surface area contributed by atoms with Crippen molar-refractivity contribution in [1.82, 2.24) is 0 Å². The highest BCUT2D eigenvalue weighted by Gasteiger charge is 2.53. The summed E-state index contributed by atoms with van der Waals surface area (Å²) < 4.78 is 0. The highest BCUT2D eigenvalue weighted by Crippen LogP contribution is 2.57. The maximum atomic E-state index is 12.3. The second-order valence-corrected chi connectivity index (χ2v) is 5.91. The zero-order valence-corrected chi connectivity index (χ0v) is 9.69. The number of hydrogen-bond donors (Lipinski definition) is 0. The first-order valence-corrected chi connectivity index (χ1v) is 6.72. The van der Waals surface area contributed by atoms with Gasteiger partial charge in [0.05, 0.1) is 6.07 Å². The first kappa shape index (κ1) is 10.3. The molecule has 3 saturated carbocycles. The lowest BCUT2D eigenvalue weighted by molar-refractivity contribution is -0.125. The summed E-state index contributed by atoms with van der Waals surface area (Å²) in [6.45, 7) is 0. The third-order valence-electron chi connectivity index (χ3n) is 5.22. The minimum Gasteiger partial charge on any atom is -0.299 e. The van der Waals surface area contributed by atoms with Crippen LogP contribution in [0.3, 0.4) is 0 Å². The Kier molecular flexibility index (Phi) is 2.50. The molecule has 0 bridgehead atoms. The Morgan fingerprint density at radius 1 is 1.25 bits per heavy atom. The Bertz CT molecular complexity index is 343. The lowest BCUT2D eigenvalue weighted by Gasteiger charge is -2.16. The standard InChI is InChI=1S/C14H19NO/c15-6-2-4-10-8-11-7-9-3-1-5-12(9)13(11)14(10)16/h9-13H,1-5,7-8H2/t9-,10+,11-,12-,13+/m0/s1. The molecule has 0 unspecified atom stereocenters. The SMILES string of the molecule is N#CCC[C@@H]1C[C@@H]2C[C@@H]3CCC[C@@H]3[C@@H]2C1=O. The third-order valence-corrected chi connectivity index (χ3v) is 5.22. The Morgan fingerprint density at radius 3 is 2.94 bits per heavy atom. The molecule has 0 heterocycles. The van der Waals surface area contributed by atoms with Gasteiger partial charge in [0, 0.05) is 18.3 Å². The average molecular weight is 217 g/mol. The largest absolute Gasteiger partial charge is 0.299 e. The van der Waals surface area contributed by atoms with E-state index in [1.54, 1.807) is 0 Å². The van der Waals surface area contributed by atoms with Crippen molar-refractivity contribution in [2.45, 2.75) is 44.9 Å². The molecule has 0 N–H and O–H groups in total. The molecule has 0 spiro atoms. The van der Waals surface area contributed by atoms with Crippen LogP contribution in [0.4, 0.5) is 0 Å². The predicted molar refractivity (Wildman–Crippen MR) is 60.4 cm³/mol. The Morgan fingerprint density at radius 2 is 2.12 bits per heavy atom. The topological polar surface area (TPSA) is 40.9 Å². The molecule has 0 aromatic carbocycles. The Balaban J connectivity index is 1.71. The van der Waals surface area contributed by atoms with Crippen molar-refractivity contribution in [3.8, 4) is 6.07 Å². The van der Waals surface area contributed by atoms with Gasteiger partial charge in [0.1, 0.15) is 5.78 Å². The van der Waals surface area contributed by atoms with E-state index in [1.165, 1.54) is 25.7 Å². The quantitative estimate of drug-likeness (QED) is 0.713. The first-order chi connectivity index (χ1) is 7.81. The van der Waals surface area contributed by atoms with Crippen molar-refractivity contribution in [3.05, 3.63) is 0 Å². The number of nitrogens with zero attached hydrogens (tertiary/aromatic N) is 1. The van der Waals surface area contributed by atoms with E-state index in [-0.39, 0.29) is 5.92 Å². The summed E-state index contributed by atoms with van der Waals surface area (Å²) in [5, 5.41) is 8.60. The number of nitriles is 1. The molecule has 0 aliphatic heterocycles. The number of carbonyl (C=O) groups excluding carboxylic acids is 1. The molecule has 86 valence electrons.